The zero-order valence-corrected chi connectivity index (χ0v) is 8.03. The number of pyridine rings is 1. The second kappa shape index (κ2) is 3.05. The Labute approximate surface area is 85.6 Å². The van der Waals surface area contributed by atoms with E-state index >= 15 is 0 Å². The first-order valence-corrected chi connectivity index (χ1v) is 4.93. The SMILES string of the molecule is O=c1[nH]cnc2ccnc(NC3CC3)c12. The molecule has 2 heterocycles. The van der Waals surface area contributed by atoms with Gasteiger partial charge >= 0.3 is 0 Å². The molecule has 5 nitrogen and oxygen atoms in total. The number of H-pyrrole nitrogens is 1. The highest BCUT2D eigenvalue weighted by molar-refractivity contribution is 5.87. The topological polar surface area (TPSA) is 70.7 Å². The van der Waals surface area contributed by atoms with Crippen LogP contribution in [0.25, 0.3) is 10.9 Å². The molecule has 1 saturated carbocycles. The Balaban J connectivity index is 2.22. The third-order valence-electron chi connectivity index (χ3n) is 2.47. The number of nitrogens with one attached hydrogen (secondary N) is 2. The summed E-state index contributed by atoms with van der Waals surface area (Å²) >= 11 is 0. The lowest BCUT2D eigenvalue weighted by Crippen LogP contribution is -2.12. The van der Waals surface area contributed by atoms with Crippen LogP contribution in [0.4, 0.5) is 5.82 Å². The van der Waals surface area contributed by atoms with E-state index in [4.69, 9.17) is 0 Å². The summed E-state index contributed by atoms with van der Waals surface area (Å²) in [5, 5.41) is 3.78. The van der Waals surface area contributed by atoms with Crippen LogP contribution in [0.15, 0.2) is 23.4 Å². The second-order valence-electron chi connectivity index (χ2n) is 3.70. The third-order valence-corrected chi connectivity index (χ3v) is 2.47. The molecule has 3 rings (SSSR count). The van der Waals surface area contributed by atoms with Crippen LogP contribution >= 0.6 is 0 Å². The highest BCUT2D eigenvalue weighted by Crippen LogP contribution is 2.25. The molecule has 0 unspecified atom stereocenters. The molecule has 0 bridgehead atoms. The Kier molecular flexibility index (Phi) is 1.71. The molecule has 15 heavy (non-hydrogen) atoms. The highest BCUT2D eigenvalue weighted by Gasteiger charge is 2.22. The lowest BCUT2D eigenvalue weighted by atomic mass is 10.3. The molecule has 0 aromatic carbocycles. The minimum Gasteiger partial charge on any atom is -0.367 e. The van der Waals surface area contributed by atoms with Crippen LogP contribution < -0.4 is 10.9 Å². The zero-order valence-electron chi connectivity index (χ0n) is 8.03. The molecule has 0 amide bonds. The number of fused-ring (bicyclic) bond motifs is 1. The van der Waals surface area contributed by atoms with Gasteiger partial charge < -0.3 is 10.3 Å². The molecule has 0 radical (unpaired) electrons. The van der Waals surface area contributed by atoms with Crippen molar-refractivity contribution in [1.82, 2.24) is 15.0 Å². The zero-order chi connectivity index (χ0) is 10.3. The van der Waals surface area contributed by atoms with Gasteiger partial charge in [-0.3, -0.25) is 4.79 Å². The Hall–Kier alpha value is -1.91. The molecule has 2 aromatic rings. The van der Waals surface area contributed by atoms with Gasteiger partial charge in [-0.15, -0.1) is 0 Å². The van der Waals surface area contributed by atoms with Crippen molar-refractivity contribution in [1.29, 1.82) is 0 Å². The maximum atomic E-state index is 11.6. The van der Waals surface area contributed by atoms with E-state index in [2.05, 4.69) is 20.3 Å². The minimum absolute atomic E-state index is 0.142. The predicted octanol–water partition coefficient (Wildman–Crippen LogP) is 0.892. The van der Waals surface area contributed by atoms with Gasteiger partial charge in [0.2, 0.25) is 0 Å². The number of hydrogen-bond acceptors (Lipinski definition) is 4. The first-order valence-electron chi connectivity index (χ1n) is 4.93. The molecule has 1 aliphatic rings. The molecular weight excluding hydrogens is 192 g/mol. The fourth-order valence-electron chi connectivity index (χ4n) is 1.55. The number of anilines is 1. The summed E-state index contributed by atoms with van der Waals surface area (Å²) in [6, 6.07) is 2.21. The second-order valence-corrected chi connectivity index (χ2v) is 3.70. The largest absolute Gasteiger partial charge is 0.367 e. The molecule has 5 heteroatoms. The van der Waals surface area contributed by atoms with E-state index in [1.54, 1.807) is 12.3 Å². The van der Waals surface area contributed by atoms with Crippen molar-refractivity contribution >= 4 is 16.7 Å². The van der Waals surface area contributed by atoms with E-state index in [0.29, 0.717) is 22.8 Å². The molecule has 2 aromatic heterocycles. The van der Waals surface area contributed by atoms with Gasteiger partial charge in [0.25, 0.3) is 5.56 Å². The molecule has 1 fully saturated rings. The average molecular weight is 202 g/mol. The number of nitrogens with zero attached hydrogens (tertiary/aromatic N) is 2. The van der Waals surface area contributed by atoms with E-state index in [9.17, 15) is 4.79 Å². The van der Waals surface area contributed by atoms with E-state index in [1.165, 1.54) is 6.33 Å². The molecule has 2 N–H and O–H groups in total. The number of rotatable bonds is 2. The van der Waals surface area contributed by atoms with Gasteiger partial charge in [0.05, 0.1) is 11.8 Å². The maximum absolute atomic E-state index is 11.6. The van der Waals surface area contributed by atoms with Crippen LogP contribution in [-0.4, -0.2) is 21.0 Å². The summed E-state index contributed by atoms with van der Waals surface area (Å²) in [4.78, 5) is 22.5. The lowest BCUT2D eigenvalue weighted by molar-refractivity contribution is 1.11. The normalized spacial score (nSPS) is 15.5. The standard InChI is InChI=1S/C10H10N4O/c15-10-8-7(12-5-13-10)3-4-11-9(8)14-6-1-2-6/h3-6H,1-2H2,(H,11,14)(H,12,13,15). The molecular formula is C10H10N4O. The number of aromatic nitrogens is 3. The van der Waals surface area contributed by atoms with Gasteiger partial charge in [-0.1, -0.05) is 0 Å². The van der Waals surface area contributed by atoms with Crippen molar-refractivity contribution in [3.05, 3.63) is 28.9 Å². The van der Waals surface area contributed by atoms with Crippen LogP contribution in [0.1, 0.15) is 12.8 Å². The number of hydrogen-bond donors (Lipinski definition) is 2. The van der Waals surface area contributed by atoms with Gasteiger partial charge in [-0.05, 0) is 18.9 Å². The summed E-state index contributed by atoms with van der Waals surface area (Å²) in [5.74, 6) is 0.643. The van der Waals surface area contributed by atoms with Crippen LogP contribution in [0.5, 0.6) is 0 Å². The summed E-state index contributed by atoms with van der Waals surface area (Å²) in [5.41, 5.74) is 0.535. The fourth-order valence-corrected chi connectivity index (χ4v) is 1.55. The van der Waals surface area contributed by atoms with Gasteiger partial charge in [-0.2, -0.15) is 0 Å². The van der Waals surface area contributed by atoms with Crippen molar-refractivity contribution in [3.63, 3.8) is 0 Å². The smallest absolute Gasteiger partial charge is 0.262 e. The van der Waals surface area contributed by atoms with Crippen molar-refractivity contribution in [3.8, 4) is 0 Å². The van der Waals surface area contributed by atoms with Gasteiger partial charge in [0, 0.05) is 12.2 Å². The number of aromatic amines is 1. The van der Waals surface area contributed by atoms with E-state index < -0.39 is 0 Å². The summed E-state index contributed by atoms with van der Waals surface area (Å²) in [6.45, 7) is 0. The Morgan fingerprint density at radius 2 is 2.27 bits per heavy atom. The van der Waals surface area contributed by atoms with Crippen LogP contribution in [0.2, 0.25) is 0 Å². The minimum atomic E-state index is -0.142. The molecule has 0 saturated heterocycles. The monoisotopic (exact) mass is 202 g/mol. The predicted molar refractivity (Wildman–Crippen MR) is 56.8 cm³/mol. The lowest BCUT2D eigenvalue weighted by Gasteiger charge is -2.05. The molecule has 0 atom stereocenters. The first-order chi connectivity index (χ1) is 7.34. The molecule has 1 aliphatic carbocycles. The Morgan fingerprint density at radius 3 is 3.07 bits per heavy atom. The van der Waals surface area contributed by atoms with Crippen LogP contribution in [0, 0.1) is 0 Å². The summed E-state index contributed by atoms with van der Waals surface area (Å²) < 4.78 is 0. The highest BCUT2D eigenvalue weighted by atomic mass is 16.1. The van der Waals surface area contributed by atoms with E-state index in [-0.39, 0.29) is 5.56 Å². The van der Waals surface area contributed by atoms with Gasteiger partial charge in [0.1, 0.15) is 11.2 Å². The van der Waals surface area contributed by atoms with Gasteiger partial charge in [0.15, 0.2) is 0 Å². The van der Waals surface area contributed by atoms with E-state index in [1.807, 2.05) is 0 Å². The quantitative estimate of drug-likeness (QED) is 0.758. The van der Waals surface area contributed by atoms with Crippen molar-refractivity contribution in [2.75, 3.05) is 5.32 Å². The third kappa shape index (κ3) is 1.45. The van der Waals surface area contributed by atoms with Crippen molar-refractivity contribution in [2.24, 2.45) is 0 Å². The maximum Gasteiger partial charge on any atom is 0.262 e. The first kappa shape index (κ1) is 8.40. The Morgan fingerprint density at radius 1 is 1.40 bits per heavy atom. The summed E-state index contributed by atoms with van der Waals surface area (Å²) in [7, 11) is 0. The molecule has 0 spiro atoms. The van der Waals surface area contributed by atoms with E-state index in [0.717, 1.165) is 12.8 Å². The van der Waals surface area contributed by atoms with Crippen molar-refractivity contribution < 1.29 is 0 Å². The van der Waals surface area contributed by atoms with Crippen LogP contribution in [-0.2, 0) is 0 Å². The van der Waals surface area contributed by atoms with Crippen LogP contribution in [0.3, 0.4) is 0 Å². The molecule has 0 aliphatic heterocycles. The molecule has 76 valence electrons. The van der Waals surface area contributed by atoms with Gasteiger partial charge in [-0.25, -0.2) is 9.97 Å². The average Bonchev–Trinajstić information content (AvgIpc) is 3.02. The fraction of sp³-hybridized carbons (Fsp3) is 0.300. The van der Waals surface area contributed by atoms with Crippen molar-refractivity contribution in [2.45, 2.75) is 18.9 Å². The Bertz CT molecular complexity index is 553. The summed E-state index contributed by atoms with van der Waals surface area (Å²) in [6.07, 6.45) is 5.37.